The monoisotopic (exact) mass is 340 g/mol. The van der Waals surface area contributed by atoms with Gasteiger partial charge in [-0.3, -0.25) is 9.48 Å². The molecule has 0 spiro atoms. The number of hydrogen-bond acceptors (Lipinski definition) is 4. The first-order chi connectivity index (χ1) is 11.5. The summed E-state index contributed by atoms with van der Waals surface area (Å²) in [5.74, 6) is -0.00216. The van der Waals surface area contributed by atoms with E-state index in [0.717, 1.165) is 16.3 Å². The largest absolute Gasteiger partial charge is 0.333 e. The molecule has 0 fully saturated rings. The van der Waals surface area contributed by atoms with E-state index >= 15 is 0 Å². The maximum absolute atomic E-state index is 12.8. The second kappa shape index (κ2) is 6.97. The van der Waals surface area contributed by atoms with Gasteiger partial charge in [-0.25, -0.2) is 4.98 Å². The molecule has 124 valence electrons. The molecule has 5 nitrogen and oxygen atoms in total. The Morgan fingerprint density at radius 2 is 2.21 bits per heavy atom. The summed E-state index contributed by atoms with van der Waals surface area (Å²) in [6.45, 7) is 4.62. The zero-order valence-corrected chi connectivity index (χ0v) is 14.8. The molecule has 0 aliphatic carbocycles. The number of hydrogen-bond donors (Lipinski definition) is 0. The highest BCUT2D eigenvalue weighted by atomic mass is 32.1. The van der Waals surface area contributed by atoms with Gasteiger partial charge in [0.1, 0.15) is 5.01 Å². The van der Waals surface area contributed by atoms with Gasteiger partial charge in [0.2, 0.25) is 0 Å². The predicted molar refractivity (Wildman–Crippen MR) is 95.1 cm³/mol. The lowest BCUT2D eigenvalue weighted by molar-refractivity contribution is 0.0742. The van der Waals surface area contributed by atoms with Crippen LogP contribution >= 0.6 is 11.3 Å². The minimum absolute atomic E-state index is 0.00216. The third-order valence-corrected chi connectivity index (χ3v) is 5.11. The topological polar surface area (TPSA) is 51.0 Å². The van der Waals surface area contributed by atoms with Crippen molar-refractivity contribution in [2.24, 2.45) is 0 Å². The van der Waals surface area contributed by atoms with Crippen molar-refractivity contribution in [3.05, 3.63) is 69.9 Å². The third kappa shape index (κ3) is 3.54. The number of thiazole rings is 1. The maximum atomic E-state index is 12.8. The maximum Gasteiger partial charge on any atom is 0.254 e. The molecule has 0 unspecified atom stereocenters. The molecule has 3 aromatic rings. The molecular weight excluding hydrogens is 320 g/mol. The molecule has 1 aromatic carbocycles. The van der Waals surface area contributed by atoms with E-state index in [-0.39, 0.29) is 11.9 Å². The van der Waals surface area contributed by atoms with Gasteiger partial charge in [0, 0.05) is 36.1 Å². The van der Waals surface area contributed by atoms with Gasteiger partial charge in [0.25, 0.3) is 5.91 Å². The second-order valence-electron chi connectivity index (χ2n) is 5.82. The van der Waals surface area contributed by atoms with E-state index in [1.54, 1.807) is 22.4 Å². The van der Waals surface area contributed by atoms with Crippen LogP contribution in [0.15, 0.2) is 48.1 Å². The normalized spacial score (nSPS) is 12.1. The molecule has 0 saturated heterocycles. The van der Waals surface area contributed by atoms with E-state index < -0.39 is 0 Å². The van der Waals surface area contributed by atoms with Gasteiger partial charge in [-0.1, -0.05) is 12.1 Å². The molecule has 0 saturated carbocycles. The molecule has 6 heteroatoms. The molecule has 0 N–H and O–H groups in total. The van der Waals surface area contributed by atoms with Crippen molar-refractivity contribution in [2.75, 3.05) is 7.05 Å². The number of carbonyl (C=O) groups excluding carboxylic acids is 1. The lowest BCUT2D eigenvalue weighted by atomic mass is 10.1. The van der Waals surface area contributed by atoms with E-state index in [4.69, 9.17) is 0 Å². The van der Waals surface area contributed by atoms with Crippen molar-refractivity contribution in [1.29, 1.82) is 0 Å². The molecule has 1 amide bonds. The number of carbonyl (C=O) groups is 1. The quantitative estimate of drug-likeness (QED) is 0.714. The fraction of sp³-hybridized carbons (Fsp3) is 0.278. The third-order valence-electron chi connectivity index (χ3n) is 3.97. The minimum atomic E-state index is -0.0500. The Hall–Kier alpha value is -2.47. The van der Waals surface area contributed by atoms with E-state index in [1.165, 1.54) is 0 Å². The average Bonchev–Trinajstić information content (AvgIpc) is 3.24. The van der Waals surface area contributed by atoms with Crippen LogP contribution in [0.2, 0.25) is 0 Å². The summed E-state index contributed by atoms with van der Waals surface area (Å²) in [5.41, 5.74) is 2.72. The Balaban J connectivity index is 1.76. The Labute approximate surface area is 145 Å². The molecule has 0 aliphatic rings. The highest BCUT2D eigenvalue weighted by molar-refractivity contribution is 7.09. The van der Waals surface area contributed by atoms with Crippen LogP contribution in [-0.4, -0.2) is 32.6 Å². The SMILES string of the molecule is Cc1csc([C@H](C)N(C)C(=O)c2cccc(Cn3cccn3)c2)n1. The molecule has 1 atom stereocenters. The summed E-state index contributed by atoms with van der Waals surface area (Å²) >= 11 is 1.59. The Kier molecular flexibility index (Phi) is 4.76. The molecule has 2 heterocycles. The number of amides is 1. The van der Waals surface area contributed by atoms with E-state index in [1.807, 2.05) is 67.5 Å². The van der Waals surface area contributed by atoms with Crippen LogP contribution in [-0.2, 0) is 6.54 Å². The van der Waals surface area contributed by atoms with Gasteiger partial charge in [-0.05, 0) is 37.6 Å². The molecule has 0 aliphatic heterocycles. The zero-order chi connectivity index (χ0) is 17.1. The Bertz CT molecular complexity index is 825. The van der Waals surface area contributed by atoms with Crippen LogP contribution in [0, 0.1) is 6.92 Å². The Morgan fingerprint density at radius 3 is 2.88 bits per heavy atom. The van der Waals surface area contributed by atoms with Crippen molar-refractivity contribution >= 4 is 17.2 Å². The second-order valence-corrected chi connectivity index (χ2v) is 6.71. The number of nitrogens with zero attached hydrogens (tertiary/aromatic N) is 4. The summed E-state index contributed by atoms with van der Waals surface area (Å²) in [4.78, 5) is 19.0. The fourth-order valence-electron chi connectivity index (χ4n) is 2.49. The van der Waals surface area contributed by atoms with Crippen LogP contribution < -0.4 is 0 Å². The van der Waals surface area contributed by atoms with Gasteiger partial charge in [0.15, 0.2) is 0 Å². The van der Waals surface area contributed by atoms with Crippen molar-refractivity contribution in [1.82, 2.24) is 19.7 Å². The van der Waals surface area contributed by atoms with Gasteiger partial charge < -0.3 is 4.90 Å². The lowest BCUT2D eigenvalue weighted by Gasteiger charge is -2.23. The highest BCUT2D eigenvalue weighted by Crippen LogP contribution is 2.24. The van der Waals surface area contributed by atoms with Crippen LogP contribution in [0.4, 0.5) is 0 Å². The van der Waals surface area contributed by atoms with Crippen molar-refractivity contribution < 1.29 is 4.79 Å². The van der Waals surface area contributed by atoms with Crippen LogP contribution in [0.3, 0.4) is 0 Å². The first-order valence-corrected chi connectivity index (χ1v) is 8.68. The molecule has 0 radical (unpaired) electrons. The summed E-state index contributed by atoms with van der Waals surface area (Å²) < 4.78 is 1.84. The summed E-state index contributed by atoms with van der Waals surface area (Å²) in [7, 11) is 1.82. The first kappa shape index (κ1) is 16.4. The Morgan fingerprint density at radius 1 is 1.38 bits per heavy atom. The highest BCUT2D eigenvalue weighted by Gasteiger charge is 2.21. The minimum Gasteiger partial charge on any atom is -0.333 e. The summed E-state index contributed by atoms with van der Waals surface area (Å²) in [6, 6.07) is 9.54. The predicted octanol–water partition coefficient (Wildman–Crippen LogP) is 3.53. The number of benzene rings is 1. The standard InChI is InChI=1S/C18H20N4OS/c1-13-12-24-17(20-13)14(2)21(3)18(23)16-7-4-6-15(10-16)11-22-9-5-8-19-22/h4-10,12,14H,11H2,1-3H3/t14-/m0/s1. The van der Waals surface area contributed by atoms with E-state index in [0.29, 0.717) is 12.1 Å². The average molecular weight is 340 g/mol. The van der Waals surface area contributed by atoms with Crippen molar-refractivity contribution in [3.63, 3.8) is 0 Å². The molecule has 3 rings (SSSR count). The van der Waals surface area contributed by atoms with Gasteiger partial charge >= 0.3 is 0 Å². The van der Waals surface area contributed by atoms with Gasteiger partial charge in [-0.2, -0.15) is 5.10 Å². The van der Waals surface area contributed by atoms with Crippen LogP contribution in [0.5, 0.6) is 0 Å². The number of rotatable bonds is 5. The summed E-state index contributed by atoms with van der Waals surface area (Å²) in [6.07, 6.45) is 3.66. The number of aryl methyl sites for hydroxylation is 1. The smallest absolute Gasteiger partial charge is 0.254 e. The lowest BCUT2D eigenvalue weighted by Crippen LogP contribution is -2.29. The van der Waals surface area contributed by atoms with Crippen LogP contribution in [0.1, 0.15) is 39.6 Å². The first-order valence-electron chi connectivity index (χ1n) is 7.80. The summed E-state index contributed by atoms with van der Waals surface area (Å²) in [5, 5.41) is 7.17. The van der Waals surface area contributed by atoms with Crippen molar-refractivity contribution in [3.8, 4) is 0 Å². The molecule has 0 bridgehead atoms. The number of aromatic nitrogens is 3. The van der Waals surface area contributed by atoms with E-state index in [9.17, 15) is 4.79 Å². The zero-order valence-electron chi connectivity index (χ0n) is 14.0. The molecule has 2 aromatic heterocycles. The van der Waals surface area contributed by atoms with Crippen LogP contribution in [0.25, 0.3) is 0 Å². The van der Waals surface area contributed by atoms with Gasteiger partial charge in [0.05, 0.1) is 12.6 Å². The fourth-order valence-corrected chi connectivity index (χ4v) is 3.39. The van der Waals surface area contributed by atoms with E-state index in [2.05, 4.69) is 10.1 Å². The van der Waals surface area contributed by atoms with Crippen molar-refractivity contribution in [2.45, 2.75) is 26.4 Å². The molecule has 24 heavy (non-hydrogen) atoms. The molecular formula is C18H20N4OS. The van der Waals surface area contributed by atoms with Gasteiger partial charge in [-0.15, -0.1) is 11.3 Å².